The van der Waals surface area contributed by atoms with Gasteiger partial charge in [0.15, 0.2) is 12.4 Å². The molecule has 0 aliphatic carbocycles. The van der Waals surface area contributed by atoms with Gasteiger partial charge in [0.1, 0.15) is 11.6 Å². The lowest BCUT2D eigenvalue weighted by Crippen LogP contribution is -2.21. The molecule has 0 unspecified atom stereocenters. The number of ether oxygens (including phenoxy) is 1. The lowest BCUT2D eigenvalue weighted by atomic mass is 10.1. The molecule has 0 saturated carbocycles. The average Bonchev–Trinajstić information content (AvgIpc) is 2.63. The van der Waals surface area contributed by atoms with Gasteiger partial charge in [-0.2, -0.15) is 0 Å². The number of hydrogen-bond acceptors (Lipinski definition) is 4. The van der Waals surface area contributed by atoms with Gasteiger partial charge in [0.25, 0.3) is 5.91 Å². The maximum Gasteiger partial charge on any atom is 0.262 e. The number of benzene rings is 2. The number of halogens is 2. The first-order valence-electron chi connectivity index (χ1n) is 8.62. The molecule has 28 heavy (non-hydrogen) atoms. The first-order valence-corrected chi connectivity index (χ1v) is 9.00. The molecule has 0 atom stereocenters. The van der Waals surface area contributed by atoms with Crippen LogP contribution in [0.15, 0.2) is 36.4 Å². The molecule has 2 amide bonds. The zero-order valence-electron chi connectivity index (χ0n) is 15.5. The molecule has 0 fully saturated rings. The summed E-state index contributed by atoms with van der Waals surface area (Å²) < 4.78 is 18.6. The Labute approximate surface area is 167 Å². The molecule has 2 N–H and O–H groups in total. The highest BCUT2D eigenvalue weighted by Crippen LogP contribution is 2.24. The van der Waals surface area contributed by atoms with Gasteiger partial charge in [-0.3, -0.25) is 14.4 Å². The van der Waals surface area contributed by atoms with E-state index >= 15 is 0 Å². The van der Waals surface area contributed by atoms with E-state index in [0.717, 1.165) is 6.07 Å². The molecule has 0 spiro atoms. The van der Waals surface area contributed by atoms with Crippen LogP contribution in [0.2, 0.25) is 5.02 Å². The van der Waals surface area contributed by atoms with E-state index in [-0.39, 0.29) is 34.6 Å². The second-order valence-electron chi connectivity index (χ2n) is 6.03. The number of anilines is 2. The first kappa shape index (κ1) is 21.4. The van der Waals surface area contributed by atoms with Crippen molar-refractivity contribution in [2.45, 2.75) is 26.7 Å². The Balaban J connectivity index is 2.03. The number of hydrogen-bond donors (Lipinski definition) is 2. The molecule has 2 aromatic rings. The molecular weight excluding hydrogens is 387 g/mol. The minimum absolute atomic E-state index is 0.113. The van der Waals surface area contributed by atoms with E-state index in [1.807, 2.05) is 6.92 Å². The van der Waals surface area contributed by atoms with Crippen molar-refractivity contribution in [1.82, 2.24) is 0 Å². The molecule has 8 heteroatoms. The van der Waals surface area contributed by atoms with E-state index in [0.29, 0.717) is 24.2 Å². The second kappa shape index (κ2) is 9.85. The Morgan fingerprint density at radius 1 is 1.04 bits per heavy atom. The molecule has 0 bridgehead atoms. The van der Waals surface area contributed by atoms with Crippen LogP contribution in [0.5, 0.6) is 5.75 Å². The van der Waals surface area contributed by atoms with Crippen molar-refractivity contribution in [1.29, 1.82) is 0 Å². The van der Waals surface area contributed by atoms with Gasteiger partial charge in [0, 0.05) is 17.8 Å². The number of carbonyl (C=O) groups is 3. The van der Waals surface area contributed by atoms with E-state index in [2.05, 4.69) is 10.6 Å². The number of carbonyl (C=O) groups excluding carboxylic acids is 3. The van der Waals surface area contributed by atoms with Crippen molar-refractivity contribution in [3.63, 3.8) is 0 Å². The quantitative estimate of drug-likeness (QED) is 0.635. The maximum atomic E-state index is 13.2. The van der Waals surface area contributed by atoms with Gasteiger partial charge >= 0.3 is 0 Å². The van der Waals surface area contributed by atoms with Crippen LogP contribution in [0.25, 0.3) is 0 Å². The fourth-order valence-corrected chi connectivity index (χ4v) is 2.55. The molecule has 0 aliphatic rings. The highest BCUT2D eigenvalue weighted by molar-refractivity contribution is 6.31. The molecule has 0 radical (unpaired) electrons. The Kier molecular flexibility index (Phi) is 7.52. The van der Waals surface area contributed by atoms with Crippen molar-refractivity contribution < 1.29 is 23.5 Å². The molecule has 0 aromatic heterocycles. The van der Waals surface area contributed by atoms with Crippen molar-refractivity contribution in [3.05, 3.63) is 52.8 Å². The van der Waals surface area contributed by atoms with E-state index in [1.54, 1.807) is 6.07 Å². The van der Waals surface area contributed by atoms with E-state index in [9.17, 15) is 18.8 Å². The van der Waals surface area contributed by atoms with Crippen LogP contribution in [0, 0.1) is 5.82 Å². The van der Waals surface area contributed by atoms with E-state index in [1.165, 1.54) is 31.2 Å². The minimum Gasteiger partial charge on any atom is -0.483 e. The summed E-state index contributed by atoms with van der Waals surface area (Å²) in [5.74, 6) is -1.30. The predicted molar refractivity (Wildman–Crippen MR) is 106 cm³/mol. The number of ketones is 1. The first-order chi connectivity index (χ1) is 13.3. The Morgan fingerprint density at radius 2 is 1.68 bits per heavy atom. The van der Waals surface area contributed by atoms with Crippen molar-refractivity contribution in [2.24, 2.45) is 0 Å². The summed E-state index contributed by atoms with van der Waals surface area (Å²) in [6, 6.07) is 8.39. The van der Waals surface area contributed by atoms with Gasteiger partial charge in [0.05, 0.1) is 10.6 Å². The van der Waals surface area contributed by atoms with Crippen LogP contribution in [0.4, 0.5) is 15.8 Å². The number of nitrogens with one attached hydrogen (secondary N) is 2. The van der Waals surface area contributed by atoms with Gasteiger partial charge in [-0.1, -0.05) is 18.5 Å². The highest BCUT2D eigenvalue weighted by atomic mass is 35.5. The lowest BCUT2D eigenvalue weighted by Gasteiger charge is -2.12. The third kappa shape index (κ3) is 6.06. The van der Waals surface area contributed by atoms with Gasteiger partial charge in [0.2, 0.25) is 5.91 Å². The van der Waals surface area contributed by atoms with E-state index < -0.39 is 11.7 Å². The molecule has 0 saturated heterocycles. The predicted octanol–water partition coefficient (Wildman–Crippen LogP) is 4.44. The van der Waals surface area contributed by atoms with Gasteiger partial charge in [-0.25, -0.2) is 4.39 Å². The van der Waals surface area contributed by atoms with Crippen LogP contribution in [-0.4, -0.2) is 24.2 Å². The second-order valence-corrected chi connectivity index (χ2v) is 6.44. The molecule has 6 nitrogen and oxygen atoms in total. The van der Waals surface area contributed by atoms with Crippen molar-refractivity contribution >= 4 is 40.6 Å². The van der Waals surface area contributed by atoms with E-state index in [4.69, 9.17) is 16.3 Å². The summed E-state index contributed by atoms with van der Waals surface area (Å²) >= 11 is 5.67. The van der Waals surface area contributed by atoms with Gasteiger partial charge in [-0.15, -0.1) is 0 Å². The van der Waals surface area contributed by atoms with Crippen LogP contribution in [0.1, 0.15) is 37.0 Å². The monoisotopic (exact) mass is 406 g/mol. The summed E-state index contributed by atoms with van der Waals surface area (Å²) in [4.78, 5) is 35.6. The molecule has 0 aliphatic heterocycles. The molecule has 0 heterocycles. The summed E-state index contributed by atoms with van der Waals surface area (Å²) in [7, 11) is 0. The van der Waals surface area contributed by atoms with Gasteiger partial charge in [-0.05, 0) is 49.7 Å². The third-order valence-corrected chi connectivity index (χ3v) is 3.97. The fraction of sp³-hybridized carbons (Fsp3) is 0.250. The fourth-order valence-electron chi connectivity index (χ4n) is 2.37. The minimum atomic E-state index is -0.590. The smallest absolute Gasteiger partial charge is 0.262 e. The standard InChI is InChI=1S/C20H20ClFN2O4/c1-3-4-19(26)23-13-6-8-18(15(9-13)12(2)25)28-11-20(27)24-14-5-7-17(22)16(21)10-14/h5-10H,3-4,11H2,1-2H3,(H,23,26)(H,24,27). The summed E-state index contributed by atoms with van der Waals surface area (Å²) in [5.41, 5.74) is 1.04. The average molecular weight is 407 g/mol. The molecule has 2 rings (SSSR count). The number of rotatable bonds is 8. The zero-order valence-corrected chi connectivity index (χ0v) is 16.2. The molecular formula is C20H20ClFN2O4. The summed E-state index contributed by atoms with van der Waals surface area (Å²) in [6.07, 6.45) is 1.09. The summed E-state index contributed by atoms with van der Waals surface area (Å²) in [6.45, 7) is 2.89. The molecule has 148 valence electrons. The molecule has 2 aromatic carbocycles. The zero-order chi connectivity index (χ0) is 20.7. The van der Waals surface area contributed by atoms with Crippen LogP contribution < -0.4 is 15.4 Å². The van der Waals surface area contributed by atoms with Crippen LogP contribution in [-0.2, 0) is 9.59 Å². The van der Waals surface area contributed by atoms with Crippen molar-refractivity contribution in [2.75, 3.05) is 17.2 Å². The third-order valence-electron chi connectivity index (χ3n) is 3.68. The SMILES string of the molecule is CCCC(=O)Nc1ccc(OCC(=O)Nc2ccc(F)c(Cl)c2)c(C(C)=O)c1. The normalized spacial score (nSPS) is 10.3. The number of amides is 2. The van der Waals surface area contributed by atoms with Crippen molar-refractivity contribution in [3.8, 4) is 5.75 Å². The van der Waals surface area contributed by atoms with Gasteiger partial charge < -0.3 is 15.4 Å². The highest BCUT2D eigenvalue weighted by Gasteiger charge is 2.13. The van der Waals surface area contributed by atoms with Crippen LogP contribution in [0.3, 0.4) is 0 Å². The Hall–Kier alpha value is -2.93. The topological polar surface area (TPSA) is 84.5 Å². The largest absolute Gasteiger partial charge is 0.483 e. The maximum absolute atomic E-state index is 13.2. The van der Waals surface area contributed by atoms with Crippen LogP contribution >= 0.6 is 11.6 Å². The Morgan fingerprint density at radius 3 is 2.32 bits per heavy atom. The Bertz CT molecular complexity index is 902. The summed E-state index contributed by atoms with van der Waals surface area (Å²) in [5, 5.41) is 5.11. The lowest BCUT2D eigenvalue weighted by molar-refractivity contribution is -0.118. The number of Topliss-reactive ketones (excluding diaryl/α,β-unsaturated/α-hetero) is 1.